The number of rotatable bonds is 7. The van der Waals surface area contributed by atoms with Crippen LogP contribution in [0.4, 0.5) is 5.69 Å². The Kier molecular flexibility index (Phi) is 5.81. The standard InChI is InChI=1S/C18H19N3O6S/c1-12(22)21-14-3-5-15(6-4-14)28(24,25)20-9-8-19-18(23)13-2-7-16-17(10-13)27-11-26-16/h2-7,10,20H,8-9,11H2,1H3,(H,19,23)(H,21,22). The van der Waals surface area contributed by atoms with Crippen molar-refractivity contribution in [2.45, 2.75) is 11.8 Å². The van der Waals surface area contributed by atoms with E-state index in [1.165, 1.54) is 31.2 Å². The fourth-order valence-electron chi connectivity index (χ4n) is 2.51. The Labute approximate surface area is 162 Å². The number of carbonyl (C=O) groups is 2. The Balaban J connectivity index is 1.50. The molecule has 3 N–H and O–H groups in total. The predicted octanol–water partition coefficient (Wildman–Crippen LogP) is 1.08. The largest absolute Gasteiger partial charge is 0.454 e. The van der Waals surface area contributed by atoms with Gasteiger partial charge < -0.3 is 20.1 Å². The van der Waals surface area contributed by atoms with Gasteiger partial charge >= 0.3 is 0 Å². The number of hydrogen-bond acceptors (Lipinski definition) is 6. The van der Waals surface area contributed by atoms with Crippen LogP contribution in [0.15, 0.2) is 47.4 Å². The first-order valence-electron chi connectivity index (χ1n) is 8.40. The Morgan fingerprint density at radius 3 is 2.43 bits per heavy atom. The SMILES string of the molecule is CC(=O)Nc1ccc(S(=O)(=O)NCCNC(=O)c2ccc3c(c2)OCO3)cc1. The summed E-state index contributed by atoms with van der Waals surface area (Å²) in [7, 11) is -3.73. The molecule has 2 aromatic rings. The maximum atomic E-state index is 12.3. The Morgan fingerprint density at radius 1 is 1.00 bits per heavy atom. The third-order valence-corrected chi connectivity index (χ3v) is 5.30. The summed E-state index contributed by atoms with van der Waals surface area (Å²) in [5.74, 6) is 0.481. The van der Waals surface area contributed by atoms with Crippen LogP contribution in [0.5, 0.6) is 11.5 Å². The van der Waals surface area contributed by atoms with Gasteiger partial charge in [-0.25, -0.2) is 13.1 Å². The molecule has 10 heteroatoms. The lowest BCUT2D eigenvalue weighted by Gasteiger charge is -2.09. The van der Waals surface area contributed by atoms with Crippen LogP contribution in [0.25, 0.3) is 0 Å². The smallest absolute Gasteiger partial charge is 0.251 e. The fraction of sp³-hybridized carbons (Fsp3) is 0.222. The summed E-state index contributed by atoms with van der Waals surface area (Å²) < 4.78 is 37.4. The average molecular weight is 405 g/mol. The molecule has 0 saturated heterocycles. The Morgan fingerprint density at radius 2 is 1.71 bits per heavy atom. The van der Waals surface area contributed by atoms with Gasteiger partial charge in [0.15, 0.2) is 11.5 Å². The second-order valence-corrected chi connectivity index (χ2v) is 7.69. The van der Waals surface area contributed by atoms with Crippen molar-refractivity contribution in [1.29, 1.82) is 0 Å². The maximum absolute atomic E-state index is 12.3. The molecular formula is C18H19N3O6S. The fourth-order valence-corrected chi connectivity index (χ4v) is 3.54. The summed E-state index contributed by atoms with van der Waals surface area (Å²) in [6.45, 7) is 1.61. The number of amides is 2. The van der Waals surface area contributed by atoms with Crippen molar-refractivity contribution in [2.75, 3.05) is 25.2 Å². The van der Waals surface area contributed by atoms with E-state index in [1.54, 1.807) is 18.2 Å². The number of anilines is 1. The zero-order valence-electron chi connectivity index (χ0n) is 15.0. The highest BCUT2D eigenvalue weighted by Crippen LogP contribution is 2.32. The van der Waals surface area contributed by atoms with Crippen molar-refractivity contribution in [1.82, 2.24) is 10.0 Å². The molecule has 9 nitrogen and oxygen atoms in total. The molecule has 148 valence electrons. The molecule has 1 heterocycles. The molecule has 2 aromatic carbocycles. The molecule has 0 unspecified atom stereocenters. The second-order valence-electron chi connectivity index (χ2n) is 5.93. The van der Waals surface area contributed by atoms with E-state index in [2.05, 4.69) is 15.4 Å². The maximum Gasteiger partial charge on any atom is 0.251 e. The van der Waals surface area contributed by atoms with Crippen LogP contribution in [0.1, 0.15) is 17.3 Å². The van der Waals surface area contributed by atoms with Gasteiger partial charge in [0.1, 0.15) is 0 Å². The first-order valence-corrected chi connectivity index (χ1v) is 9.89. The summed E-state index contributed by atoms with van der Waals surface area (Å²) in [4.78, 5) is 23.2. The van der Waals surface area contributed by atoms with E-state index >= 15 is 0 Å². The number of hydrogen-bond donors (Lipinski definition) is 3. The molecule has 0 bridgehead atoms. The lowest BCUT2D eigenvalue weighted by Crippen LogP contribution is -2.34. The summed E-state index contributed by atoms with van der Waals surface area (Å²) >= 11 is 0. The zero-order chi connectivity index (χ0) is 20.1. The molecule has 0 aromatic heterocycles. The van der Waals surface area contributed by atoms with Gasteiger partial charge in [-0.2, -0.15) is 0 Å². The van der Waals surface area contributed by atoms with Crippen LogP contribution >= 0.6 is 0 Å². The molecule has 0 atom stereocenters. The van der Waals surface area contributed by atoms with Crippen LogP contribution in [0.2, 0.25) is 0 Å². The minimum absolute atomic E-state index is 0.0199. The summed E-state index contributed by atoms with van der Waals surface area (Å²) in [5, 5.41) is 5.20. The zero-order valence-corrected chi connectivity index (χ0v) is 15.8. The third-order valence-electron chi connectivity index (χ3n) is 3.82. The van der Waals surface area contributed by atoms with Crippen LogP contribution in [0.3, 0.4) is 0 Å². The molecule has 1 aliphatic rings. The molecular weight excluding hydrogens is 386 g/mol. The minimum atomic E-state index is -3.73. The van der Waals surface area contributed by atoms with E-state index in [0.29, 0.717) is 22.7 Å². The number of ether oxygens (including phenoxy) is 2. The second kappa shape index (κ2) is 8.28. The molecule has 0 aliphatic carbocycles. The van der Waals surface area contributed by atoms with E-state index in [9.17, 15) is 18.0 Å². The van der Waals surface area contributed by atoms with Crippen LogP contribution < -0.4 is 24.8 Å². The van der Waals surface area contributed by atoms with Gasteiger partial charge in [-0.05, 0) is 42.5 Å². The lowest BCUT2D eigenvalue weighted by atomic mass is 10.2. The van der Waals surface area contributed by atoms with Crippen molar-refractivity contribution >= 4 is 27.5 Å². The van der Waals surface area contributed by atoms with Gasteiger partial charge in [-0.1, -0.05) is 0 Å². The summed E-state index contributed by atoms with van der Waals surface area (Å²) in [5.41, 5.74) is 0.892. The summed E-state index contributed by atoms with van der Waals surface area (Å²) in [6.07, 6.45) is 0. The van der Waals surface area contributed by atoms with Crippen LogP contribution in [-0.4, -0.2) is 40.1 Å². The average Bonchev–Trinajstić information content (AvgIpc) is 3.13. The number of fused-ring (bicyclic) bond motifs is 1. The Bertz CT molecular complexity index is 989. The minimum Gasteiger partial charge on any atom is -0.454 e. The topological polar surface area (TPSA) is 123 Å². The molecule has 0 fully saturated rings. The monoisotopic (exact) mass is 405 g/mol. The molecule has 2 amide bonds. The Hall–Kier alpha value is -3.11. The van der Waals surface area contributed by atoms with Gasteiger partial charge in [0.25, 0.3) is 5.91 Å². The van der Waals surface area contributed by atoms with E-state index in [1.807, 2.05) is 0 Å². The van der Waals surface area contributed by atoms with Crippen molar-refractivity contribution in [3.05, 3.63) is 48.0 Å². The highest BCUT2D eigenvalue weighted by molar-refractivity contribution is 7.89. The lowest BCUT2D eigenvalue weighted by molar-refractivity contribution is -0.114. The highest BCUT2D eigenvalue weighted by Gasteiger charge is 2.17. The third kappa shape index (κ3) is 4.78. The normalized spacial score (nSPS) is 12.5. The van der Waals surface area contributed by atoms with Crippen LogP contribution in [-0.2, 0) is 14.8 Å². The molecule has 28 heavy (non-hydrogen) atoms. The van der Waals surface area contributed by atoms with Gasteiger partial charge in [-0.3, -0.25) is 9.59 Å². The quantitative estimate of drug-likeness (QED) is 0.593. The number of sulfonamides is 1. The van der Waals surface area contributed by atoms with Gasteiger partial charge in [0, 0.05) is 31.3 Å². The van der Waals surface area contributed by atoms with Crippen molar-refractivity contribution < 1.29 is 27.5 Å². The van der Waals surface area contributed by atoms with Crippen molar-refractivity contribution in [3.8, 4) is 11.5 Å². The summed E-state index contributed by atoms with van der Waals surface area (Å²) in [6, 6.07) is 10.6. The first kappa shape index (κ1) is 19.6. The first-order chi connectivity index (χ1) is 13.3. The number of nitrogens with one attached hydrogen (secondary N) is 3. The van der Waals surface area contributed by atoms with Crippen molar-refractivity contribution in [2.24, 2.45) is 0 Å². The van der Waals surface area contributed by atoms with E-state index in [0.717, 1.165) is 0 Å². The molecule has 0 spiro atoms. The number of carbonyl (C=O) groups excluding carboxylic acids is 2. The van der Waals surface area contributed by atoms with Crippen LogP contribution in [0, 0.1) is 0 Å². The van der Waals surface area contributed by atoms with Gasteiger partial charge in [-0.15, -0.1) is 0 Å². The highest BCUT2D eigenvalue weighted by atomic mass is 32.2. The molecule has 0 radical (unpaired) electrons. The van der Waals surface area contributed by atoms with E-state index in [4.69, 9.17) is 9.47 Å². The van der Waals surface area contributed by atoms with E-state index in [-0.39, 0.29) is 36.6 Å². The van der Waals surface area contributed by atoms with E-state index < -0.39 is 10.0 Å². The number of benzene rings is 2. The van der Waals surface area contributed by atoms with Gasteiger partial charge in [0.2, 0.25) is 22.7 Å². The molecule has 1 aliphatic heterocycles. The van der Waals surface area contributed by atoms with Crippen molar-refractivity contribution in [3.63, 3.8) is 0 Å². The molecule has 0 saturated carbocycles. The van der Waals surface area contributed by atoms with Gasteiger partial charge in [0.05, 0.1) is 4.90 Å². The molecule has 3 rings (SSSR count). The predicted molar refractivity (Wildman–Crippen MR) is 101 cm³/mol.